The average molecular weight is 218 g/mol. The predicted octanol–water partition coefficient (Wildman–Crippen LogP) is 1.54. The molecule has 0 N–H and O–H groups in total. The van der Waals surface area contributed by atoms with Crippen molar-refractivity contribution in [3.05, 3.63) is 35.4 Å². The summed E-state index contributed by atoms with van der Waals surface area (Å²) in [7, 11) is 0. The Kier molecular flexibility index (Phi) is 1.96. The van der Waals surface area contributed by atoms with Crippen molar-refractivity contribution in [3.8, 4) is 0 Å². The summed E-state index contributed by atoms with van der Waals surface area (Å²) in [6.07, 6.45) is 0.982. The standard InChI is InChI=1S/C12H10O4/c13-11-7-1-2-8(4-3-7)12(14)16-10-6-5-9(10)15-11/h1-4,9-10H,5-6H2. The molecule has 1 aliphatic carbocycles. The number of esters is 2. The van der Waals surface area contributed by atoms with Gasteiger partial charge in [0, 0.05) is 0 Å². The molecule has 1 aromatic carbocycles. The second kappa shape index (κ2) is 3.33. The zero-order valence-electron chi connectivity index (χ0n) is 8.51. The van der Waals surface area contributed by atoms with E-state index < -0.39 is 0 Å². The van der Waals surface area contributed by atoms with Crippen LogP contribution < -0.4 is 0 Å². The van der Waals surface area contributed by atoms with Crippen LogP contribution >= 0.6 is 0 Å². The highest BCUT2D eigenvalue weighted by molar-refractivity contribution is 5.94. The van der Waals surface area contributed by atoms with Crippen LogP contribution in [0.1, 0.15) is 33.6 Å². The molecule has 1 aromatic rings. The first-order chi connectivity index (χ1) is 7.74. The minimum absolute atomic E-state index is 0.273. The van der Waals surface area contributed by atoms with Crippen LogP contribution in [0.2, 0.25) is 0 Å². The van der Waals surface area contributed by atoms with E-state index in [9.17, 15) is 9.59 Å². The molecule has 2 unspecified atom stereocenters. The summed E-state index contributed by atoms with van der Waals surface area (Å²) >= 11 is 0. The van der Waals surface area contributed by atoms with Crippen molar-refractivity contribution in [1.82, 2.24) is 0 Å². The Morgan fingerprint density at radius 1 is 0.812 bits per heavy atom. The summed E-state index contributed by atoms with van der Waals surface area (Å²) in [5, 5.41) is 0. The molecule has 2 bridgehead atoms. The quantitative estimate of drug-likeness (QED) is 0.620. The van der Waals surface area contributed by atoms with Crippen molar-refractivity contribution in [3.63, 3.8) is 0 Å². The molecule has 1 fully saturated rings. The zero-order chi connectivity index (χ0) is 11.1. The number of fused-ring (bicyclic) bond motifs is 4. The fraction of sp³-hybridized carbons (Fsp3) is 0.333. The molecule has 4 heteroatoms. The highest BCUT2D eigenvalue weighted by Crippen LogP contribution is 2.29. The molecule has 82 valence electrons. The number of hydrogen-bond acceptors (Lipinski definition) is 4. The van der Waals surface area contributed by atoms with Gasteiger partial charge in [0.05, 0.1) is 11.1 Å². The van der Waals surface area contributed by atoms with Crippen LogP contribution in [0.5, 0.6) is 0 Å². The van der Waals surface area contributed by atoms with Crippen molar-refractivity contribution >= 4 is 11.9 Å². The van der Waals surface area contributed by atoms with Crippen LogP contribution in [0.3, 0.4) is 0 Å². The van der Waals surface area contributed by atoms with E-state index in [1.807, 2.05) is 0 Å². The van der Waals surface area contributed by atoms with Gasteiger partial charge in [0.1, 0.15) is 12.2 Å². The smallest absolute Gasteiger partial charge is 0.338 e. The molecule has 16 heavy (non-hydrogen) atoms. The van der Waals surface area contributed by atoms with E-state index in [1.165, 1.54) is 0 Å². The first-order valence-corrected chi connectivity index (χ1v) is 5.26. The molecular weight excluding hydrogens is 208 g/mol. The van der Waals surface area contributed by atoms with Gasteiger partial charge in [-0.3, -0.25) is 0 Å². The van der Waals surface area contributed by atoms with E-state index in [-0.39, 0.29) is 24.1 Å². The van der Waals surface area contributed by atoms with Crippen LogP contribution in [0, 0.1) is 0 Å². The molecule has 4 nitrogen and oxygen atoms in total. The SMILES string of the molecule is O=C1OC2CCC2OC(=O)c2ccc1cc2. The third-order valence-electron chi connectivity index (χ3n) is 3.02. The van der Waals surface area contributed by atoms with Crippen molar-refractivity contribution in [1.29, 1.82) is 0 Å². The molecule has 2 atom stereocenters. The summed E-state index contributed by atoms with van der Waals surface area (Å²) in [4.78, 5) is 23.3. The Hall–Kier alpha value is -1.84. The van der Waals surface area contributed by atoms with E-state index >= 15 is 0 Å². The minimum atomic E-state index is -0.348. The summed E-state index contributed by atoms with van der Waals surface area (Å²) in [6.45, 7) is 0. The predicted molar refractivity (Wildman–Crippen MR) is 54.1 cm³/mol. The topological polar surface area (TPSA) is 52.6 Å². The van der Waals surface area contributed by atoms with E-state index in [0.717, 1.165) is 12.8 Å². The molecule has 3 aliphatic rings. The summed E-state index contributed by atoms with van der Waals surface area (Å²) in [5.41, 5.74) is 0.952. The van der Waals surface area contributed by atoms with E-state index in [2.05, 4.69) is 0 Å². The first kappa shape index (κ1) is 9.39. The maximum Gasteiger partial charge on any atom is 0.338 e. The van der Waals surface area contributed by atoms with Crippen molar-refractivity contribution in [2.75, 3.05) is 0 Å². The second-order valence-corrected chi connectivity index (χ2v) is 4.04. The molecule has 1 saturated carbocycles. The van der Waals surface area contributed by atoms with E-state index in [4.69, 9.17) is 9.47 Å². The third kappa shape index (κ3) is 1.38. The van der Waals surface area contributed by atoms with E-state index in [1.54, 1.807) is 24.3 Å². The maximum atomic E-state index is 11.6. The Balaban J connectivity index is 2.00. The van der Waals surface area contributed by atoms with Crippen LogP contribution in [0.4, 0.5) is 0 Å². The van der Waals surface area contributed by atoms with Crippen LogP contribution in [-0.2, 0) is 9.47 Å². The van der Waals surface area contributed by atoms with Crippen LogP contribution in [0.15, 0.2) is 24.3 Å². The fourth-order valence-corrected chi connectivity index (χ4v) is 1.86. The van der Waals surface area contributed by atoms with Gasteiger partial charge >= 0.3 is 11.9 Å². The normalized spacial score (nSPS) is 27.5. The molecular formula is C12H10O4. The van der Waals surface area contributed by atoms with Crippen molar-refractivity contribution < 1.29 is 19.1 Å². The number of ether oxygens (including phenoxy) is 2. The molecule has 0 saturated heterocycles. The van der Waals surface area contributed by atoms with Crippen molar-refractivity contribution in [2.45, 2.75) is 25.0 Å². The molecule has 2 aliphatic heterocycles. The van der Waals surface area contributed by atoms with Gasteiger partial charge in [-0.15, -0.1) is 0 Å². The molecule has 0 aromatic heterocycles. The van der Waals surface area contributed by atoms with Gasteiger partial charge in [-0.25, -0.2) is 9.59 Å². The van der Waals surface area contributed by atoms with Gasteiger partial charge in [-0.1, -0.05) is 0 Å². The highest BCUT2D eigenvalue weighted by atomic mass is 16.6. The minimum Gasteiger partial charge on any atom is -0.455 e. The molecule has 0 spiro atoms. The zero-order valence-corrected chi connectivity index (χ0v) is 8.51. The van der Waals surface area contributed by atoms with Gasteiger partial charge in [0.25, 0.3) is 0 Å². The summed E-state index contributed by atoms with van der Waals surface area (Å²) < 4.78 is 10.5. The first-order valence-electron chi connectivity index (χ1n) is 5.26. The van der Waals surface area contributed by atoms with Gasteiger partial charge in [0.2, 0.25) is 0 Å². The number of hydrogen-bond donors (Lipinski definition) is 0. The molecule has 0 amide bonds. The number of benzene rings is 1. The maximum absolute atomic E-state index is 11.6. The lowest BCUT2D eigenvalue weighted by Gasteiger charge is -2.35. The summed E-state index contributed by atoms with van der Waals surface area (Å²) in [6, 6.07) is 6.33. The average Bonchev–Trinajstić information content (AvgIpc) is 2.30. The lowest BCUT2D eigenvalue weighted by Crippen LogP contribution is -2.44. The Morgan fingerprint density at radius 2 is 1.19 bits per heavy atom. The Bertz CT molecular complexity index is 406. The second-order valence-electron chi connectivity index (χ2n) is 4.04. The largest absolute Gasteiger partial charge is 0.455 e. The fourth-order valence-electron chi connectivity index (χ4n) is 1.86. The van der Waals surface area contributed by atoms with E-state index in [0.29, 0.717) is 11.1 Å². The summed E-state index contributed by atoms with van der Waals surface area (Å²) in [5.74, 6) is -0.696. The van der Waals surface area contributed by atoms with Gasteiger partial charge in [-0.2, -0.15) is 0 Å². The Labute approximate surface area is 92.2 Å². The van der Waals surface area contributed by atoms with Gasteiger partial charge in [-0.05, 0) is 37.1 Å². The van der Waals surface area contributed by atoms with Crippen molar-refractivity contribution in [2.24, 2.45) is 0 Å². The number of carbonyl (C=O) groups excluding carboxylic acids is 2. The molecule has 0 radical (unpaired) electrons. The third-order valence-corrected chi connectivity index (χ3v) is 3.02. The van der Waals surface area contributed by atoms with Gasteiger partial charge in [0.15, 0.2) is 0 Å². The highest BCUT2D eigenvalue weighted by Gasteiger charge is 2.38. The number of rotatable bonds is 0. The Morgan fingerprint density at radius 3 is 1.50 bits per heavy atom. The lowest BCUT2D eigenvalue weighted by molar-refractivity contribution is -0.0811. The molecule has 4 rings (SSSR count). The van der Waals surface area contributed by atoms with Gasteiger partial charge < -0.3 is 9.47 Å². The number of carbonyl (C=O) groups is 2. The van der Waals surface area contributed by atoms with Crippen LogP contribution in [-0.4, -0.2) is 24.1 Å². The van der Waals surface area contributed by atoms with Crippen LogP contribution in [0.25, 0.3) is 0 Å². The lowest BCUT2D eigenvalue weighted by atomic mass is 9.91. The molecule has 2 heterocycles. The monoisotopic (exact) mass is 218 g/mol.